The predicted octanol–water partition coefficient (Wildman–Crippen LogP) is 17.8. The molecule has 4 heteroatoms. The van der Waals surface area contributed by atoms with Crippen LogP contribution in [0.4, 0.5) is 17.1 Å². The van der Waals surface area contributed by atoms with Crippen molar-refractivity contribution in [1.82, 2.24) is 4.57 Å². The van der Waals surface area contributed by atoms with E-state index < -0.39 is 5.41 Å². The van der Waals surface area contributed by atoms with Crippen LogP contribution in [0.3, 0.4) is 0 Å². The summed E-state index contributed by atoms with van der Waals surface area (Å²) in [6.07, 6.45) is 0. The Bertz CT molecular complexity index is 4220. The highest BCUT2D eigenvalue weighted by molar-refractivity contribution is 7.99. The molecule has 13 aromatic rings. The van der Waals surface area contributed by atoms with Crippen LogP contribution < -0.4 is 4.90 Å². The molecule has 2 aromatic heterocycles. The van der Waals surface area contributed by atoms with Crippen LogP contribution in [0, 0.1) is 0 Å². The monoisotopic (exact) mass is 886 g/mol. The van der Waals surface area contributed by atoms with Gasteiger partial charge in [0, 0.05) is 63.2 Å². The average Bonchev–Trinajstić information content (AvgIpc) is 3.93. The van der Waals surface area contributed by atoms with Gasteiger partial charge in [-0.2, -0.15) is 0 Å². The van der Waals surface area contributed by atoms with E-state index in [1.165, 1.54) is 112 Å². The molecular formula is C63H38N2S2. The second-order valence-corrected chi connectivity index (χ2v) is 20.1. The number of thiophene rings is 1. The molecule has 0 saturated carbocycles. The van der Waals surface area contributed by atoms with Crippen molar-refractivity contribution in [3.05, 3.63) is 253 Å². The lowest BCUT2D eigenvalue weighted by atomic mass is 9.59. The summed E-state index contributed by atoms with van der Waals surface area (Å²) in [5.74, 6) is 0. The number of anilines is 3. The van der Waals surface area contributed by atoms with Crippen LogP contribution >= 0.6 is 23.1 Å². The zero-order valence-corrected chi connectivity index (χ0v) is 37.8. The molecule has 0 amide bonds. The maximum Gasteiger partial charge on any atom is 0.0735 e. The van der Waals surface area contributed by atoms with Crippen molar-refractivity contribution in [3.8, 4) is 16.8 Å². The van der Waals surface area contributed by atoms with E-state index in [0.29, 0.717) is 0 Å². The fourth-order valence-corrected chi connectivity index (χ4v) is 14.2. The summed E-state index contributed by atoms with van der Waals surface area (Å²) >= 11 is 3.76. The quantitative estimate of drug-likeness (QED) is 0.174. The molecule has 0 bridgehead atoms. The topological polar surface area (TPSA) is 8.17 Å². The van der Waals surface area contributed by atoms with Crippen molar-refractivity contribution in [3.63, 3.8) is 0 Å². The SMILES string of the molecule is c1ccc2c(c1)Sc1cc(N(c3ccc4c(c3)c3ccccc3n4-c3ccc4sc5ccccc5c4c3)c3cccc4ccccc34)ccc1C21c2ccccc2-c2cccc3cccc1c23. The van der Waals surface area contributed by atoms with Crippen LogP contribution in [0.15, 0.2) is 240 Å². The third-order valence-electron chi connectivity index (χ3n) is 14.6. The molecule has 11 aromatic carbocycles. The molecule has 1 atom stereocenters. The molecule has 3 heterocycles. The standard InChI is InChI=1S/C63H38N2S2/c1-2-18-44-39(14-1)15-13-27-55(44)64(41-31-34-57-49(36-41)46-20-4-8-26-56(46)65(57)42-32-35-59-50(37-42)47-21-5-9-28-58(47)66-59)43-30-33-53-61(38-43)67-60-29-10-7-24-52(60)63(53)51-23-6-3-19-45(51)48-22-11-16-40-17-12-25-54(63)62(40)48/h1-38H. The van der Waals surface area contributed by atoms with Crippen molar-refractivity contribution in [2.45, 2.75) is 15.2 Å². The van der Waals surface area contributed by atoms with Crippen LogP contribution in [0.5, 0.6) is 0 Å². The Kier molecular flexibility index (Phi) is 7.84. The maximum absolute atomic E-state index is 2.50. The first-order valence-electron chi connectivity index (χ1n) is 23.0. The Balaban J connectivity index is 0.975. The third kappa shape index (κ3) is 5.17. The Labute approximate surface area is 395 Å². The fraction of sp³-hybridized carbons (Fsp3) is 0.0159. The van der Waals surface area contributed by atoms with Crippen molar-refractivity contribution < 1.29 is 0 Å². The second kappa shape index (κ2) is 14.1. The summed E-state index contributed by atoms with van der Waals surface area (Å²) in [4.78, 5) is 5.05. The molecule has 1 unspecified atom stereocenters. The van der Waals surface area contributed by atoms with Crippen LogP contribution in [0.1, 0.15) is 22.3 Å². The van der Waals surface area contributed by atoms with E-state index in [2.05, 4.69) is 240 Å². The van der Waals surface area contributed by atoms with Gasteiger partial charge in [-0.1, -0.05) is 169 Å². The highest BCUT2D eigenvalue weighted by atomic mass is 32.2. The van der Waals surface area contributed by atoms with E-state index in [0.717, 1.165) is 17.1 Å². The molecule has 0 fully saturated rings. The van der Waals surface area contributed by atoms with Crippen LogP contribution in [0.2, 0.25) is 0 Å². The van der Waals surface area contributed by atoms with Gasteiger partial charge in [-0.25, -0.2) is 0 Å². The summed E-state index contributed by atoms with van der Waals surface area (Å²) in [5.41, 5.74) is 14.4. The van der Waals surface area contributed by atoms with E-state index in [4.69, 9.17) is 0 Å². The number of fused-ring (bicyclic) bond motifs is 15. The van der Waals surface area contributed by atoms with Crippen LogP contribution in [0.25, 0.3) is 80.3 Å². The van der Waals surface area contributed by atoms with Crippen molar-refractivity contribution in [1.29, 1.82) is 0 Å². The van der Waals surface area contributed by atoms with Crippen LogP contribution in [-0.2, 0) is 5.41 Å². The zero-order chi connectivity index (χ0) is 43.8. The summed E-state index contributed by atoms with van der Waals surface area (Å²) < 4.78 is 5.09. The summed E-state index contributed by atoms with van der Waals surface area (Å²) in [6.45, 7) is 0. The van der Waals surface area contributed by atoms with Crippen molar-refractivity contribution in [2.75, 3.05) is 4.90 Å². The minimum atomic E-state index is -0.510. The number of para-hydroxylation sites is 1. The highest BCUT2D eigenvalue weighted by Gasteiger charge is 2.48. The number of rotatable bonds is 4. The molecule has 0 radical (unpaired) electrons. The number of nitrogens with zero attached hydrogens (tertiary/aromatic N) is 2. The molecule has 312 valence electrons. The smallest absolute Gasteiger partial charge is 0.0735 e. The molecule has 1 spiro atoms. The van der Waals surface area contributed by atoms with Gasteiger partial charge in [0.25, 0.3) is 0 Å². The van der Waals surface area contributed by atoms with Gasteiger partial charge in [0.15, 0.2) is 0 Å². The number of aromatic nitrogens is 1. The average molecular weight is 887 g/mol. The second-order valence-electron chi connectivity index (χ2n) is 17.9. The molecule has 0 saturated heterocycles. The van der Waals surface area contributed by atoms with E-state index in [-0.39, 0.29) is 0 Å². The van der Waals surface area contributed by atoms with E-state index in [9.17, 15) is 0 Å². The highest BCUT2D eigenvalue weighted by Crippen LogP contribution is 2.62. The number of hydrogen-bond donors (Lipinski definition) is 0. The Morgan fingerprint density at radius 3 is 1.96 bits per heavy atom. The van der Waals surface area contributed by atoms with Gasteiger partial charge in [-0.05, 0) is 122 Å². The zero-order valence-electron chi connectivity index (χ0n) is 36.2. The van der Waals surface area contributed by atoms with Gasteiger partial charge >= 0.3 is 0 Å². The summed E-state index contributed by atoms with van der Waals surface area (Å²) in [7, 11) is 0. The van der Waals surface area contributed by atoms with Gasteiger partial charge in [-0.15, -0.1) is 11.3 Å². The number of benzene rings is 11. The van der Waals surface area contributed by atoms with Crippen LogP contribution in [-0.4, -0.2) is 4.57 Å². The largest absolute Gasteiger partial charge is 0.310 e. The lowest BCUT2D eigenvalue weighted by Crippen LogP contribution is -2.36. The van der Waals surface area contributed by atoms with E-state index in [1.54, 1.807) is 0 Å². The Morgan fingerprint density at radius 1 is 0.373 bits per heavy atom. The van der Waals surface area contributed by atoms with Gasteiger partial charge < -0.3 is 9.47 Å². The first-order chi connectivity index (χ1) is 33.2. The lowest BCUT2D eigenvalue weighted by molar-refractivity contribution is 0.707. The van der Waals surface area contributed by atoms with Gasteiger partial charge in [0.05, 0.1) is 22.1 Å². The van der Waals surface area contributed by atoms with Gasteiger partial charge in [0.2, 0.25) is 0 Å². The molecular weight excluding hydrogens is 849 g/mol. The molecule has 1 aliphatic carbocycles. The van der Waals surface area contributed by atoms with E-state index in [1.807, 2.05) is 23.1 Å². The minimum absolute atomic E-state index is 0.510. The molecule has 67 heavy (non-hydrogen) atoms. The Hall–Kier alpha value is -7.89. The van der Waals surface area contributed by atoms with Crippen molar-refractivity contribution in [2.24, 2.45) is 0 Å². The Morgan fingerprint density at radius 2 is 1.01 bits per heavy atom. The lowest BCUT2D eigenvalue weighted by Gasteiger charge is -2.46. The molecule has 1 aliphatic heterocycles. The van der Waals surface area contributed by atoms with Crippen molar-refractivity contribution >= 4 is 104 Å². The molecule has 2 nitrogen and oxygen atoms in total. The van der Waals surface area contributed by atoms with Gasteiger partial charge in [-0.3, -0.25) is 0 Å². The molecule has 15 rings (SSSR count). The first-order valence-corrected chi connectivity index (χ1v) is 24.6. The fourth-order valence-electron chi connectivity index (χ4n) is 11.9. The van der Waals surface area contributed by atoms with E-state index >= 15 is 0 Å². The minimum Gasteiger partial charge on any atom is -0.310 e. The number of hydrogen-bond acceptors (Lipinski definition) is 3. The predicted molar refractivity (Wildman–Crippen MR) is 285 cm³/mol. The third-order valence-corrected chi connectivity index (χ3v) is 16.9. The normalized spacial score (nSPS) is 14.9. The summed E-state index contributed by atoms with van der Waals surface area (Å²) in [5, 5.41) is 10.1. The maximum atomic E-state index is 2.50. The van der Waals surface area contributed by atoms with Gasteiger partial charge in [0.1, 0.15) is 0 Å². The molecule has 2 aliphatic rings. The first kappa shape index (κ1) is 37.3. The molecule has 0 N–H and O–H groups in total. The summed E-state index contributed by atoms with van der Waals surface area (Å²) in [6, 6.07) is 86.5.